The minimum absolute atomic E-state index is 0.0792. The van der Waals surface area contributed by atoms with Crippen LogP contribution in [0.4, 0.5) is 5.69 Å². The number of nitrogens with zero attached hydrogens (tertiary/aromatic N) is 1. The molecule has 2 aromatic carbocycles. The second-order valence-electron chi connectivity index (χ2n) is 7.03. The van der Waals surface area contributed by atoms with E-state index >= 15 is 0 Å². The van der Waals surface area contributed by atoms with Gasteiger partial charge < -0.3 is 5.32 Å². The van der Waals surface area contributed by atoms with Crippen molar-refractivity contribution in [2.24, 2.45) is 5.92 Å². The van der Waals surface area contributed by atoms with Gasteiger partial charge in [-0.25, -0.2) is 8.42 Å². The molecule has 0 bridgehead atoms. The number of carbonyl (C=O) groups excluding carboxylic acids is 1. The van der Waals surface area contributed by atoms with Gasteiger partial charge >= 0.3 is 0 Å². The predicted molar refractivity (Wildman–Crippen MR) is 104 cm³/mol. The SMILES string of the molecule is CC(C)C(NC(=O)c1ccc2c(c1)CCN2S(C)(=O)=O)c1ccccc1. The molecule has 0 saturated carbocycles. The molecule has 5 nitrogen and oxygen atoms in total. The van der Waals surface area contributed by atoms with Crippen LogP contribution in [0.25, 0.3) is 0 Å². The minimum atomic E-state index is -3.28. The first-order valence-electron chi connectivity index (χ1n) is 8.74. The Labute approximate surface area is 155 Å². The lowest BCUT2D eigenvalue weighted by Gasteiger charge is -2.23. The van der Waals surface area contributed by atoms with Crippen molar-refractivity contribution < 1.29 is 13.2 Å². The number of amides is 1. The normalized spacial score (nSPS) is 15.0. The highest BCUT2D eigenvalue weighted by Gasteiger charge is 2.27. The lowest BCUT2D eigenvalue weighted by atomic mass is 9.95. The van der Waals surface area contributed by atoms with Crippen LogP contribution in [0, 0.1) is 5.92 Å². The number of anilines is 1. The fraction of sp³-hybridized carbons (Fsp3) is 0.350. The molecule has 2 aromatic rings. The third-order valence-electron chi connectivity index (χ3n) is 4.71. The molecule has 1 atom stereocenters. The zero-order valence-corrected chi connectivity index (χ0v) is 16.1. The van der Waals surface area contributed by atoms with E-state index in [9.17, 15) is 13.2 Å². The van der Waals surface area contributed by atoms with Crippen LogP contribution in [0.5, 0.6) is 0 Å². The van der Waals surface area contributed by atoms with Crippen molar-refractivity contribution in [1.82, 2.24) is 5.32 Å². The van der Waals surface area contributed by atoms with Crippen molar-refractivity contribution in [3.05, 3.63) is 65.2 Å². The van der Waals surface area contributed by atoms with E-state index in [1.165, 1.54) is 10.6 Å². The molecule has 138 valence electrons. The first kappa shape index (κ1) is 18.5. The molecule has 0 fully saturated rings. The highest BCUT2D eigenvalue weighted by Crippen LogP contribution is 2.31. The second-order valence-corrected chi connectivity index (χ2v) is 8.94. The predicted octanol–water partition coefficient (Wildman–Crippen LogP) is 3.14. The van der Waals surface area contributed by atoms with Crippen LogP contribution < -0.4 is 9.62 Å². The van der Waals surface area contributed by atoms with E-state index in [0.717, 1.165) is 11.1 Å². The minimum Gasteiger partial charge on any atom is -0.345 e. The molecular formula is C20H24N2O3S. The van der Waals surface area contributed by atoms with Gasteiger partial charge in [0, 0.05) is 12.1 Å². The van der Waals surface area contributed by atoms with Gasteiger partial charge in [0.05, 0.1) is 18.0 Å². The molecule has 1 heterocycles. The van der Waals surface area contributed by atoms with Gasteiger partial charge in [-0.3, -0.25) is 9.10 Å². The maximum atomic E-state index is 12.8. The van der Waals surface area contributed by atoms with Crippen molar-refractivity contribution in [3.63, 3.8) is 0 Å². The molecule has 0 aromatic heterocycles. The average molecular weight is 372 g/mol. The number of benzene rings is 2. The average Bonchev–Trinajstić information content (AvgIpc) is 3.03. The van der Waals surface area contributed by atoms with Gasteiger partial charge in [0.15, 0.2) is 0 Å². The summed E-state index contributed by atoms with van der Waals surface area (Å²) >= 11 is 0. The number of fused-ring (bicyclic) bond motifs is 1. The van der Waals surface area contributed by atoms with Crippen molar-refractivity contribution in [2.45, 2.75) is 26.3 Å². The first-order valence-corrected chi connectivity index (χ1v) is 10.6. The maximum Gasteiger partial charge on any atom is 0.251 e. The molecule has 1 N–H and O–H groups in total. The Balaban J connectivity index is 1.83. The lowest BCUT2D eigenvalue weighted by Crippen LogP contribution is -2.31. The summed E-state index contributed by atoms with van der Waals surface area (Å²) in [6.07, 6.45) is 1.83. The van der Waals surface area contributed by atoms with E-state index in [0.29, 0.717) is 24.2 Å². The number of hydrogen-bond acceptors (Lipinski definition) is 3. The van der Waals surface area contributed by atoms with Crippen LogP contribution in [-0.4, -0.2) is 27.1 Å². The van der Waals surface area contributed by atoms with Crippen molar-refractivity contribution in [3.8, 4) is 0 Å². The zero-order chi connectivity index (χ0) is 18.9. The fourth-order valence-electron chi connectivity index (χ4n) is 3.38. The number of carbonyl (C=O) groups is 1. The third-order valence-corrected chi connectivity index (χ3v) is 5.89. The summed E-state index contributed by atoms with van der Waals surface area (Å²) in [5, 5.41) is 3.11. The van der Waals surface area contributed by atoms with Crippen LogP contribution in [0.3, 0.4) is 0 Å². The topological polar surface area (TPSA) is 66.5 Å². The molecule has 6 heteroatoms. The maximum absolute atomic E-state index is 12.8. The van der Waals surface area contributed by atoms with Crippen LogP contribution >= 0.6 is 0 Å². The quantitative estimate of drug-likeness (QED) is 0.877. The monoisotopic (exact) mass is 372 g/mol. The van der Waals surface area contributed by atoms with Gasteiger partial charge in [-0.2, -0.15) is 0 Å². The summed E-state index contributed by atoms with van der Waals surface area (Å²) in [7, 11) is -3.28. The standard InChI is InChI=1S/C20H24N2O3S/c1-14(2)19(15-7-5-4-6-8-15)21-20(23)17-9-10-18-16(13-17)11-12-22(18)26(3,24)25/h4-10,13-14,19H,11-12H2,1-3H3,(H,21,23). The molecule has 1 aliphatic heterocycles. The van der Waals surface area contributed by atoms with E-state index in [4.69, 9.17) is 0 Å². The Hall–Kier alpha value is -2.34. The summed E-state index contributed by atoms with van der Waals surface area (Å²) in [6.45, 7) is 4.58. The van der Waals surface area contributed by atoms with Crippen molar-refractivity contribution in [2.75, 3.05) is 17.1 Å². The largest absolute Gasteiger partial charge is 0.345 e. The molecule has 3 rings (SSSR count). The second kappa shape index (κ2) is 7.11. The summed E-state index contributed by atoms with van der Waals surface area (Å²) in [5.74, 6) is 0.102. The van der Waals surface area contributed by atoms with Crippen LogP contribution in [0.15, 0.2) is 48.5 Å². The van der Waals surface area contributed by atoms with Gasteiger partial charge in [-0.15, -0.1) is 0 Å². The van der Waals surface area contributed by atoms with Gasteiger partial charge in [0.1, 0.15) is 0 Å². The molecule has 1 amide bonds. The van der Waals surface area contributed by atoms with Crippen molar-refractivity contribution in [1.29, 1.82) is 0 Å². The van der Waals surface area contributed by atoms with E-state index in [-0.39, 0.29) is 17.9 Å². The number of hydrogen-bond donors (Lipinski definition) is 1. The number of rotatable bonds is 5. The molecule has 26 heavy (non-hydrogen) atoms. The van der Waals surface area contributed by atoms with Gasteiger partial charge in [-0.05, 0) is 41.7 Å². The van der Waals surface area contributed by atoms with Crippen molar-refractivity contribution >= 4 is 21.6 Å². The summed E-state index contributed by atoms with van der Waals surface area (Å²) < 4.78 is 25.1. The summed E-state index contributed by atoms with van der Waals surface area (Å²) in [5.41, 5.74) is 3.19. The Morgan fingerprint density at radius 2 is 1.81 bits per heavy atom. The lowest BCUT2D eigenvalue weighted by molar-refractivity contribution is 0.0925. The molecule has 0 saturated heterocycles. The number of sulfonamides is 1. The molecule has 0 radical (unpaired) electrons. The van der Waals surface area contributed by atoms with Gasteiger partial charge in [-0.1, -0.05) is 44.2 Å². The van der Waals surface area contributed by atoms with Gasteiger partial charge in [0.2, 0.25) is 10.0 Å². The molecule has 1 aliphatic rings. The van der Waals surface area contributed by atoms with Crippen LogP contribution in [-0.2, 0) is 16.4 Å². The zero-order valence-electron chi connectivity index (χ0n) is 15.3. The Morgan fingerprint density at radius 1 is 1.12 bits per heavy atom. The smallest absolute Gasteiger partial charge is 0.251 e. The highest BCUT2D eigenvalue weighted by molar-refractivity contribution is 7.92. The molecular weight excluding hydrogens is 348 g/mol. The van der Waals surface area contributed by atoms with E-state index < -0.39 is 10.0 Å². The highest BCUT2D eigenvalue weighted by atomic mass is 32.2. The van der Waals surface area contributed by atoms with E-state index in [1.807, 2.05) is 30.3 Å². The number of nitrogens with one attached hydrogen (secondary N) is 1. The van der Waals surface area contributed by atoms with E-state index in [1.54, 1.807) is 18.2 Å². The molecule has 0 spiro atoms. The Bertz CT molecular complexity index is 908. The molecule has 1 unspecified atom stereocenters. The van der Waals surface area contributed by atoms with Crippen LogP contribution in [0.1, 0.15) is 41.4 Å². The van der Waals surface area contributed by atoms with Crippen LogP contribution in [0.2, 0.25) is 0 Å². The molecule has 0 aliphatic carbocycles. The first-order chi connectivity index (χ1) is 12.3. The Kier molecular flexibility index (Phi) is 5.05. The third kappa shape index (κ3) is 3.75. The summed E-state index contributed by atoms with van der Waals surface area (Å²) in [4.78, 5) is 12.8. The van der Waals surface area contributed by atoms with Gasteiger partial charge in [0.25, 0.3) is 5.91 Å². The Morgan fingerprint density at radius 3 is 2.42 bits per heavy atom. The summed E-state index contributed by atoms with van der Waals surface area (Å²) in [6, 6.07) is 15.1. The van der Waals surface area contributed by atoms with E-state index in [2.05, 4.69) is 19.2 Å². The fourth-order valence-corrected chi connectivity index (χ4v) is 4.34.